The molecule has 3 nitrogen and oxygen atoms in total. The summed E-state index contributed by atoms with van der Waals surface area (Å²) in [5.74, 6) is -2.41. The fourth-order valence-electron chi connectivity index (χ4n) is 2.88. The molecule has 0 unspecified atom stereocenters. The number of carbonyl (C=O) groups is 1. The maximum absolute atomic E-state index is 13.4. The predicted octanol–water partition coefficient (Wildman–Crippen LogP) is 3.69. The van der Waals surface area contributed by atoms with E-state index in [2.05, 4.69) is 4.99 Å². The first kappa shape index (κ1) is 15.6. The van der Waals surface area contributed by atoms with E-state index >= 15 is 0 Å². The lowest BCUT2D eigenvalue weighted by Gasteiger charge is -2.17. The van der Waals surface area contributed by atoms with Gasteiger partial charge in [-0.2, -0.15) is 0 Å². The number of halogens is 2. The highest BCUT2D eigenvalue weighted by Gasteiger charge is 2.14. The zero-order valence-electron chi connectivity index (χ0n) is 12.7. The molecular formula is C18H18F2N2O. The molecule has 0 bridgehead atoms. The summed E-state index contributed by atoms with van der Waals surface area (Å²) < 4.78 is 27.8. The van der Waals surface area contributed by atoms with Crippen LogP contribution in [0.3, 0.4) is 0 Å². The van der Waals surface area contributed by atoms with E-state index in [-0.39, 0.29) is 11.6 Å². The van der Waals surface area contributed by atoms with Crippen LogP contribution in [-0.4, -0.2) is 16.5 Å². The van der Waals surface area contributed by atoms with Gasteiger partial charge in [-0.3, -0.25) is 14.4 Å². The molecule has 1 heterocycles. The van der Waals surface area contributed by atoms with Crippen LogP contribution in [0.15, 0.2) is 47.6 Å². The molecule has 23 heavy (non-hydrogen) atoms. The van der Waals surface area contributed by atoms with Gasteiger partial charge in [0.2, 0.25) is 0 Å². The van der Waals surface area contributed by atoms with Crippen LogP contribution in [-0.2, 0) is 0 Å². The predicted molar refractivity (Wildman–Crippen MR) is 83.0 cm³/mol. The number of rotatable bonds is 2. The van der Waals surface area contributed by atoms with E-state index in [9.17, 15) is 13.6 Å². The summed E-state index contributed by atoms with van der Waals surface area (Å²) in [6, 6.07) is 8.69. The van der Waals surface area contributed by atoms with E-state index in [1.54, 1.807) is 18.3 Å². The summed E-state index contributed by atoms with van der Waals surface area (Å²) in [4.78, 5) is 17.3. The van der Waals surface area contributed by atoms with Crippen LogP contribution in [0, 0.1) is 11.6 Å². The standard InChI is InChI=1S/C18H18F2N2O/c19-15-10-9-13(12-16(15)20)18(23)22-11-5-4-8-17(22)21-14-6-2-1-3-7-14/h4-5,8-12,14H,1-3,6-7H2. The van der Waals surface area contributed by atoms with Crippen molar-refractivity contribution in [3.8, 4) is 0 Å². The Balaban J connectivity index is 1.97. The topological polar surface area (TPSA) is 34.4 Å². The zero-order chi connectivity index (χ0) is 16.2. The molecular weight excluding hydrogens is 298 g/mol. The number of pyridine rings is 1. The molecule has 1 aromatic carbocycles. The zero-order valence-corrected chi connectivity index (χ0v) is 12.7. The number of nitrogens with zero attached hydrogens (tertiary/aromatic N) is 2. The van der Waals surface area contributed by atoms with Crippen LogP contribution in [0.25, 0.3) is 0 Å². The number of hydrogen-bond acceptors (Lipinski definition) is 2. The van der Waals surface area contributed by atoms with Crippen LogP contribution in [0.2, 0.25) is 0 Å². The van der Waals surface area contributed by atoms with Crippen LogP contribution in [0.1, 0.15) is 42.5 Å². The van der Waals surface area contributed by atoms with Crippen molar-refractivity contribution in [2.75, 3.05) is 0 Å². The Morgan fingerprint density at radius 3 is 2.57 bits per heavy atom. The van der Waals surface area contributed by atoms with E-state index in [1.165, 1.54) is 17.1 Å². The molecule has 0 amide bonds. The van der Waals surface area contributed by atoms with Gasteiger partial charge in [0.1, 0.15) is 5.49 Å². The van der Waals surface area contributed by atoms with Crippen molar-refractivity contribution in [3.05, 3.63) is 65.3 Å². The van der Waals surface area contributed by atoms with Crippen molar-refractivity contribution in [2.24, 2.45) is 4.99 Å². The van der Waals surface area contributed by atoms with Crippen molar-refractivity contribution >= 4 is 5.91 Å². The molecule has 0 radical (unpaired) electrons. The molecule has 1 fully saturated rings. The molecule has 0 saturated heterocycles. The van der Waals surface area contributed by atoms with E-state index in [0.29, 0.717) is 5.49 Å². The third kappa shape index (κ3) is 3.55. The Kier molecular flexibility index (Phi) is 4.65. The first-order valence-corrected chi connectivity index (χ1v) is 7.86. The average molecular weight is 316 g/mol. The van der Waals surface area contributed by atoms with Gasteiger partial charge in [0.05, 0.1) is 6.04 Å². The molecule has 0 spiro atoms. The molecule has 0 N–H and O–H groups in total. The molecule has 0 atom stereocenters. The van der Waals surface area contributed by atoms with Gasteiger partial charge in [0.15, 0.2) is 11.6 Å². The second-order valence-corrected chi connectivity index (χ2v) is 5.78. The third-order valence-electron chi connectivity index (χ3n) is 4.11. The summed E-state index contributed by atoms with van der Waals surface area (Å²) in [7, 11) is 0. The first-order chi connectivity index (χ1) is 11.1. The molecule has 0 aliphatic heterocycles. The maximum atomic E-state index is 13.4. The molecule has 1 aliphatic carbocycles. The van der Waals surface area contributed by atoms with Gasteiger partial charge in [-0.1, -0.05) is 25.3 Å². The van der Waals surface area contributed by atoms with Gasteiger partial charge in [-0.25, -0.2) is 8.78 Å². The van der Waals surface area contributed by atoms with Gasteiger partial charge < -0.3 is 0 Å². The lowest BCUT2D eigenvalue weighted by atomic mass is 9.96. The Morgan fingerprint density at radius 1 is 1.04 bits per heavy atom. The Hall–Kier alpha value is -2.30. The Labute approximate surface area is 133 Å². The second kappa shape index (κ2) is 6.86. The molecule has 120 valence electrons. The summed E-state index contributed by atoms with van der Waals surface area (Å²) in [6.07, 6.45) is 7.18. The minimum absolute atomic E-state index is 0.0974. The summed E-state index contributed by atoms with van der Waals surface area (Å²) >= 11 is 0. The van der Waals surface area contributed by atoms with Crippen molar-refractivity contribution < 1.29 is 13.6 Å². The van der Waals surface area contributed by atoms with Crippen molar-refractivity contribution in [2.45, 2.75) is 38.1 Å². The largest absolute Gasteiger partial charge is 0.268 e. The Bertz CT molecular complexity index is 777. The lowest BCUT2D eigenvalue weighted by molar-refractivity contribution is 0.0954. The highest BCUT2D eigenvalue weighted by Crippen LogP contribution is 2.19. The third-order valence-corrected chi connectivity index (χ3v) is 4.11. The highest BCUT2D eigenvalue weighted by molar-refractivity contribution is 5.95. The van der Waals surface area contributed by atoms with E-state index < -0.39 is 17.5 Å². The summed E-state index contributed by atoms with van der Waals surface area (Å²) in [5, 5.41) is 0. The van der Waals surface area contributed by atoms with Gasteiger partial charge in [-0.15, -0.1) is 0 Å². The fraction of sp³-hybridized carbons (Fsp3) is 0.333. The van der Waals surface area contributed by atoms with Crippen LogP contribution in [0.4, 0.5) is 8.78 Å². The monoisotopic (exact) mass is 316 g/mol. The quantitative estimate of drug-likeness (QED) is 0.832. The molecule has 1 aromatic heterocycles. The molecule has 1 aliphatic rings. The molecule has 1 saturated carbocycles. The van der Waals surface area contributed by atoms with Gasteiger partial charge in [0, 0.05) is 11.8 Å². The van der Waals surface area contributed by atoms with Gasteiger partial charge in [-0.05, 0) is 43.2 Å². The SMILES string of the molecule is O=C(c1ccc(F)c(F)c1)n1ccccc1=NC1CCCCC1. The molecule has 2 aromatic rings. The summed E-state index contributed by atoms with van der Waals surface area (Å²) in [5.41, 5.74) is 0.648. The normalized spacial score (nSPS) is 16.5. The van der Waals surface area contributed by atoms with Crippen molar-refractivity contribution in [1.82, 2.24) is 4.57 Å². The van der Waals surface area contributed by atoms with Gasteiger partial charge >= 0.3 is 0 Å². The Morgan fingerprint density at radius 2 is 1.83 bits per heavy atom. The average Bonchev–Trinajstić information content (AvgIpc) is 2.58. The molecule has 5 heteroatoms. The van der Waals surface area contributed by atoms with Crippen LogP contribution in [0.5, 0.6) is 0 Å². The minimum atomic E-state index is -1.03. The van der Waals surface area contributed by atoms with Crippen LogP contribution >= 0.6 is 0 Å². The first-order valence-electron chi connectivity index (χ1n) is 7.86. The highest BCUT2D eigenvalue weighted by atomic mass is 19.2. The number of hydrogen-bond donors (Lipinski definition) is 0. The number of aromatic nitrogens is 1. The maximum Gasteiger partial charge on any atom is 0.263 e. The van der Waals surface area contributed by atoms with Crippen molar-refractivity contribution in [1.29, 1.82) is 0 Å². The van der Waals surface area contributed by atoms with E-state index in [1.807, 2.05) is 6.07 Å². The van der Waals surface area contributed by atoms with Crippen molar-refractivity contribution in [3.63, 3.8) is 0 Å². The number of benzene rings is 1. The molecule has 3 rings (SSSR count). The van der Waals surface area contributed by atoms with E-state index in [0.717, 1.165) is 37.8 Å². The second-order valence-electron chi connectivity index (χ2n) is 5.78. The number of carbonyl (C=O) groups excluding carboxylic acids is 1. The summed E-state index contributed by atoms with van der Waals surface area (Å²) in [6.45, 7) is 0. The fourth-order valence-corrected chi connectivity index (χ4v) is 2.88. The minimum Gasteiger partial charge on any atom is -0.268 e. The lowest BCUT2D eigenvalue weighted by Crippen LogP contribution is -2.29. The van der Waals surface area contributed by atoms with E-state index in [4.69, 9.17) is 0 Å². The van der Waals surface area contributed by atoms with Gasteiger partial charge in [0.25, 0.3) is 5.91 Å². The van der Waals surface area contributed by atoms with Crippen LogP contribution < -0.4 is 5.49 Å². The smallest absolute Gasteiger partial charge is 0.263 e.